The van der Waals surface area contributed by atoms with Crippen molar-refractivity contribution in [1.82, 2.24) is 10.2 Å². The van der Waals surface area contributed by atoms with E-state index in [1.807, 2.05) is 31.3 Å². The molecule has 1 heterocycles. The highest BCUT2D eigenvalue weighted by Crippen LogP contribution is 2.12. The quantitative estimate of drug-likeness (QED) is 0.778. The SMILES string of the molecule is CN(CC(=O)Nc1cccc(I)c1)C1CNC1.Cl. The molecule has 0 atom stereocenters. The zero-order chi connectivity index (χ0) is 12.3. The van der Waals surface area contributed by atoms with Crippen molar-refractivity contribution in [1.29, 1.82) is 0 Å². The Labute approximate surface area is 127 Å². The molecular weight excluding hydrogens is 365 g/mol. The minimum atomic E-state index is 0. The van der Waals surface area contributed by atoms with Crippen LogP contribution >= 0.6 is 35.0 Å². The average Bonchev–Trinajstić information content (AvgIpc) is 2.13. The highest BCUT2D eigenvalue weighted by atomic mass is 127. The maximum Gasteiger partial charge on any atom is 0.238 e. The Morgan fingerprint density at radius 3 is 2.83 bits per heavy atom. The van der Waals surface area contributed by atoms with Gasteiger partial charge in [-0.15, -0.1) is 12.4 Å². The standard InChI is InChI=1S/C12H16IN3O.ClH/c1-16(11-6-14-7-11)8-12(17)15-10-4-2-3-9(13)5-10;/h2-5,11,14H,6-8H2,1H3,(H,15,17);1H. The molecule has 0 spiro atoms. The molecule has 1 aromatic rings. The van der Waals surface area contributed by atoms with E-state index >= 15 is 0 Å². The van der Waals surface area contributed by atoms with Gasteiger partial charge in [0, 0.05) is 28.4 Å². The van der Waals surface area contributed by atoms with Crippen LogP contribution in [0.25, 0.3) is 0 Å². The van der Waals surface area contributed by atoms with Crippen LogP contribution in [0.1, 0.15) is 0 Å². The lowest BCUT2D eigenvalue weighted by atomic mass is 10.1. The number of hydrogen-bond donors (Lipinski definition) is 2. The Morgan fingerprint density at radius 1 is 1.56 bits per heavy atom. The number of halogens is 2. The van der Waals surface area contributed by atoms with E-state index in [4.69, 9.17) is 0 Å². The van der Waals surface area contributed by atoms with Crippen LogP contribution in [-0.4, -0.2) is 43.5 Å². The van der Waals surface area contributed by atoms with Crippen LogP contribution in [0.5, 0.6) is 0 Å². The molecule has 6 heteroatoms. The molecular formula is C12H17ClIN3O. The van der Waals surface area contributed by atoms with Crippen LogP contribution in [-0.2, 0) is 4.79 Å². The molecule has 1 aromatic carbocycles. The van der Waals surface area contributed by atoms with Gasteiger partial charge in [0.25, 0.3) is 0 Å². The van der Waals surface area contributed by atoms with Crippen molar-refractivity contribution in [2.75, 3.05) is 32.0 Å². The zero-order valence-electron chi connectivity index (χ0n) is 10.1. The van der Waals surface area contributed by atoms with Crippen molar-refractivity contribution in [3.8, 4) is 0 Å². The van der Waals surface area contributed by atoms with Gasteiger partial charge in [-0.3, -0.25) is 9.69 Å². The van der Waals surface area contributed by atoms with Gasteiger partial charge in [0.1, 0.15) is 0 Å². The van der Waals surface area contributed by atoms with E-state index in [-0.39, 0.29) is 18.3 Å². The number of rotatable bonds is 4. The first-order valence-electron chi connectivity index (χ1n) is 5.61. The van der Waals surface area contributed by atoms with Gasteiger partial charge in [0.05, 0.1) is 6.54 Å². The number of likely N-dealkylation sites (N-methyl/N-ethyl adjacent to an activating group) is 1. The number of amides is 1. The Morgan fingerprint density at radius 2 is 2.28 bits per heavy atom. The summed E-state index contributed by atoms with van der Waals surface area (Å²) in [7, 11) is 1.99. The Bertz CT molecular complexity index is 412. The van der Waals surface area contributed by atoms with Crippen molar-refractivity contribution in [2.24, 2.45) is 0 Å². The van der Waals surface area contributed by atoms with Crippen molar-refractivity contribution < 1.29 is 4.79 Å². The normalized spacial score (nSPS) is 14.8. The molecule has 2 N–H and O–H groups in total. The molecule has 1 amide bonds. The van der Waals surface area contributed by atoms with Gasteiger partial charge < -0.3 is 10.6 Å². The zero-order valence-corrected chi connectivity index (χ0v) is 13.1. The van der Waals surface area contributed by atoms with E-state index in [0.717, 1.165) is 22.3 Å². The van der Waals surface area contributed by atoms with E-state index in [0.29, 0.717) is 12.6 Å². The highest BCUT2D eigenvalue weighted by Gasteiger charge is 2.22. The lowest BCUT2D eigenvalue weighted by Crippen LogP contribution is -2.57. The van der Waals surface area contributed by atoms with E-state index in [2.05, 4.69) is 38.1 Å². The maximum atomic E-state index is 11.8. The summed E-state index contributed by atoms with van der Waals surface area (Å²) in [4.78, 5) is 13.9. The minimum absolute atomic E-state index is 0. The van der Waals surface area contributed by atoms with E-state index in [1.165, 1.54) is 0 Å². The number of hydrogen-bond acceptors (Lipinski definition) is 3. The van der Waals surface area contributed by atoms with Crippen LogP contribution in [0.2, 0.25) is 0 Å². The lowest BCUT2D eigenvalue weighted by Gasteiger charge is -2.35. The van der Waals surface area contributed by atoms with E-state index < -0.39 is 0 Å². The van der Waals surface area contributed by atoms with Gasteiger partial charge in [0.2, 0.25) is 5.91 Å². The van der Waals surface area contributed by atoms with Gasteiger partial charge in [-0.05, 0) is 47.8 Å². The summed E-state index contributed by atoms with van der Waals surface area (Å²) in [6, 6.07) is 8.31. The average molecular weight is 382 g/mol. The van der Waals surface area contributed by atoms with Crippen LogP contribution in [0, 0.1) is 3.57 Å². The summed E-state index contributed by atoms with van der Waals surface area (Å²) in [6.07, 6.45) is 0. The first-order valence-corrected chi connectivity index (χ1v) is 6.69. The molecule has 0 aromatic heterocycles. The van der Waals surface area contributed by atoms with Crippen molar-refractivity contribution >= 4 is 46.6 Å². The number of anilines is 1. The molecule has 1 fully saturated rings. The van der Waals surface area contributed by atoms with Gasteiger partial charge in [-0.1, -0.05) is 6.07 Å². The van der Waals surface area contributed by atoms with Crippen molar-refractivity contribution in [2.45, 2.75) is 6.04 Å². The van der Waals surface area contributed by atoms with Crippen molar-refractivity contribution in [3.63, 3.8) is 0 Å². The molecule has 18 heavy (non-hydrogen) atoms. The molecule has 2 rings (SSSR count). The fraction of sp³-hybridized carbons (Fsp3) is 0.417. The number of nitrogens with one attached hydrogen (secondary N) is 2. The Balaban J connectivity index is 0.00000162. The number of nitrogens with zero attached hydrogens (tertiary/aromatic N) is 1. The third kappa shape index (κ3) is 4.38. The monoisotopic (exact) mass is 381 g/mol. The van der Waals surface area contributed by atoms with E-state index in [1.54, 1.807) is 0 Å². The number of benzene rings is 1. The molecule has 4 nitrogen and oxygen atoms in total. The minimum Gasteiger partial charge on any atom is -0.325 e. The smallest absolute Gasteiger partial charge is 0.238 e. The Kier molecular flexibility index (Phi) is 6.34. The first kappa shape index (κ1) is 15.7. The number of carbonyl (C=O) groups excluding carboxylic acids is 1. The molecule has 0 saturated carbocycles. The maximum absolute atomic E-state index is 11.8. The van der Waals surface area contributed by atoms with Crippen molar-refractivity contribution in [3.05, 3.63) is 27.8 Å². The summed E-state index contributed by atoms with van der Waals surface area (Å²) in [5, 5.41) is 6.11. The lowest BCUT2D eigenvalue weighted by molar-refractivity contribution is -0.117. The molecule has 0 radical (unpaired) electrons. The number of carbonyl (C=O) groups is 1. The topological polar surface area (TPSA) is 44.4 Å². The second-order valence-corrected chi connectivity index (χ2v) is 5.53. The summed E-state index contributed by atoms with van der Waals surface area (Å²) in [5.41, 5.74) is 0.863. The van der Waals surface area contributed by atoms with Crippen LogP contribution < -0.4 is 10.6 Å². The van der Waals surface area contributed by atoms with Gasteiger partial charge >= 0.3 is 0 Å². The van der Waals surface area contributed by atoms with Crippen LogP contribution in [0.4, 0.5) is 5.69 Å². The fourth-order valence-corrected chi connectivity index (χ4v) is 2.25. The van der Waals surface area contributed by atoms with Crippen LogP contribution in [0.15, 0.2) is 24.3 Å². The highest BCUT2D eigenvalue weighted by molar-refractivity contribution is 14.1. The van der Waals surface area contributed by atoms with Crippen LogP contribution in [0.3, 0.4) is 0 Å². The fourth-order valence-electron chi connectivity index (χ4n) is 1.71. The summed E-state index contributed by atoms with van der Waals surface area (Å²) >= 11 is 2.23. The summed E-state index contributed by atoms with van der Waals surface area (Å²) in [6.45, 7) is 2.40. The Hall–Kier alpha value is -0.370. The third-order valence-corrected chi connectivity index (χ3v) is 3.56. The van der Waals surface area contributed by atoms with Gasteiger partial charge in [-0.25, -0.2) is 0 Å². The second-order valence-electron chi connectivity index (χ2n) is 4.29. The second kappa shape index (κ2) is 7.28. The first-order chi connectivity index (χ1) is 8.15. The predicted octanol–water partition coefficient (Wildman–Crippen LogP) is 1.56. The molecule has 1 aliphatic heterocycles. The van der Waals surface area contributed by atoms with Gasteiger partial charge in [-0.2, -0.15) is 0 Å². The summed E-state index contributed by atoms with van der Waals surface area (Å²) < 4.78 is 1.12. The van der Waals surface area contributed by atoms with Gasteiger partial charge in [0.15, 0.2) is 0 Å². The molecule has 0 bridgehead atoms. The van der Waals surface area contributed by atoms with E-state index in [9.17, 15) is 4.79 Å². The molecule has 0 aliphatic carbocycles. The third-order valence-electron chi connectivity index (χ3n) is 2.88. The predicted molar refractivity (Wildman–Crippen MR) is 84.3 cm³/mol. The molecule has 1 saturated heterocycles. The largest absolute Gasteiger partial charge is 0.325 e. The molecule has 100 valence electrons. The summed E-state index contributed by atoms with van der Waals surface area (Å²) in [5.74, 6) is 0.0430. The molecule has 1 aliphatic rings. The molecule has 0 unspecified atom stereocenters.